The normalized spacial score (nSPS) is 19.9. The third-order valence-corrected chi connectivity index (χ3v) is 4.43. The van der Waals surface area contributed by atoms with E-state index >= 15 is 0 Å². The van der Waals surface area contributed by atoms with E-state index < -0.39 is 0 Å². The number of aliphatic imine (C=N–C) groups is 2. The van der Waals surface area contributed by atoms with Gasteiger partial charge in [-0.1, -0.05) is 23.9 Å². The molecule has 0 N–H and O–H groups in total. The molecular formula is C15H15N5S. The predicted molar refractivity (Wildman–Crippen MR) is 86.3 cm³/mol. The van der Waals surface area contributed by atoms with Gasteiger partial charge < -0.3 is 4.57 Å². The van der Waals surface area contributed by atoms with Crippen molar-refractivity contribution in [3.63, 3.8) is 0 Å². The van der Waals surface area contributed by atoms with E-state index in [1.165, 1.54) is 0 Å². The Labute approximate surface area is 127 Å². The van der Waals surface area contributed by atoms with Crippen LogP contribution in [0.5, 0.6) is 0 Å². The van der Waals surface area contributed by atoms with Crippen LogP contribution in [0.1, 0.15) is 5.56 Å². The number of imidazole rings is 1. The van der Waals surface area contributed by atoms with Crippen LogP contribution in [0.3, 0.4) is 0 Å². The summed E-state index contributed by atoms with van der Waals surface area (Å²) in [7, 11) is 0. The van der Waals surface area contributed by atoms with Crippen LogP contribution < -0.4 is 0 Å². The summed E-state index contributed by atoms with van der Waals surface area (Å²) in [5.74, 6) is 1.05. The standard InChI is InChI=1S/C15H15N5S/c1-21-15-18-13-5-3-2-4-12(13)14-17-8-11(20(14)15)9-19-7-6-16-10-19/h2-7,10-11H,8-9H2,1H3. The molecule has 2 aromatic rings. The summed E-state index contributed by atoms with van der Waals surface area (Å²) in [5.41, 5.74) is 2.14. The molecule has 106 valence electrons. The van der Waals surface area contributed by atoms with Crippen LogP contribution in [-0.4, -0.2) is 44.3 Å². The van der Waals surface area contributed by atoms with Crippen molar-refractivity contribution in [2.45, 2.75) is 12.6 Å². The van der Waals surface area contributed by atoms with Crippen molar-refractivity contribution in [2.75, 3.05) is 12.8 Å². The minimum atomic E-state index is 0.300. The molecule has 1 aromatic carbocycles. The molecule has 0 radical (unpaired) electrons. The third kappa shape index (κ3) is 2.06. The molecule has 1 unspecified atom stereocenters. The van der Waals surface area contributed by atoms with E-state index in [9.17, 15) is 0 Å². The number of thioether (sulfide) groups is 1. The molecule has 5 nitrogen and oxygen atoms in total. The van der Waals surface area contributed by atoms with Gasteiger partial charge in [0.25, 0.3) is 0 Å². The Balaban J connectivity index is 1.71. The van der Waals surface area contributed by atoms with Crippen molar-refractivity contribution < 1.29 is 0 Å². The fraction of sp³-hybridized carbons (Fsp3) is 0.267. The molecular weight excluding hydrogens is 282 g/mol. The van der Waals surface area contributed by atoms with Crippen LogP contribution in [-0.2, 0) is 6.54 Å². The molecule has 0 saturated heterocycles. The van der Waals surface area contributed by atoms with Gasteiger partial charge in [0.05, 0.1) is 24.6 Å². The zero-order valence-electron chi connectivity index (χ0n) is 11.7. The quantitative estimate of drug-likeness (QED) is 0.855. The first kappa shape index (κ1) is 12.6. The molecule has 0 bridgehead atoms. The third-order valence-electron chi connectivity index (χ3n) is 3.78. The molecule has 0 fully saturated rings. The highest BCUT2D eigenvalue weighted by molar-refractivity contribution is 8.13. The van der Waals surface area contributed by atoms with E-state index in [1.807, 2.05) is 30.9 Å². The lowest BCUT2D eigenvalue weighted by Crippen LogP contribution is -2.44. The molecule has 0 saturated carbocycles. The van der Waals surface area contributed by atoms with Gasteiger partial charge in [-0.3, -0.25) is 9.89 Å². The van der Waals surface area contributed by atoms with E-state index in [4.69, 9.17) is 9.98 Å². The van der Waals surface area contributed by atoms with Crippen LogP contribution in [0, 0.1) is 0 Å². The van der Waals surface area contributed by atoms with Crippen molar-refractivity contribution in [1.82, 2.24) is 14.5 Å². The minimum absolute atomic E-state index is 0.300. The number of fused-ring (bicyclic) bond motifs is 3. The van der Waals surface area contributed by atoms with Gasteiger partial charge in [0, 0.05) is 24.5 Å². The summed E-state index contributed by atoms with van der Waals surface area (Å²) in [6.07, 6.45) is 7.72. The summed E-state index contributed by atoms with van der Waals surface area (Å²) in [6, 6.07) is 8.51. The summed E-state index contributed by atoms with van der Waals surface area (Å²) >= 11 is 1.67. The second-order valence-corrected chi connectivity index (χ2v) is 5.84. The van der Waals surface area contributed by atoms with E-state index in [0.717, 1.165) is 35.3 Å². The summed E-state index contributed by atoms with van der Waals surface area (Å²) in [6.45, 7) is 1.66. The van der Waals surface area contributed by atoms with E-state index in [-0.39, 0.29) is 0 Å². The highest BCUT2D eigenvalue weighted by Crippen LogP contribution is 2.33. The maximum Gasteiger partial charge on any atom is 0.170 e. The number of rotatable bonds is 2. The molecule has 4 rings (SSSR count). The lowest BCUT2D eigenvalue weighted by atomic mass is 10.1. The molecule has 0 aliphatic carbocycles. The first-order chi connectivity index (χ1) is 10.4. The molecule has 21 heavy (non-hydrogen) atoms. The van der Waals surface area contributed by atoms with Crippen molar-refractivity contribution in [2.24, 2.45) is 9.98 Å². The predicted octanol–water partition coefficient (Wildman–Crippen LogP) is 2.38. The Morgan fingerprint density at radius 2 is 2.24 bits per heavy atom. The number of amidine groups is 2. The zero-order chi connectivity index (χ0) is 14.2. The molecule has 2 aliphatic heterocycles. The number of hydrogen-bond donors (Lipinski definition) is 0. The van der Waals surface area contributed by atoms with Crippen LogP contribution in [0.2, 0.25) is 0 Å². The molecule has 6 heteroatoms. The Kier molecular flexibility index (Phi) is 3.03. The number of nitrogens with zero attached hydrogens (tertiary/aromatic N) is 5. The fourth-order valence-corrected chi connectivity index (χ4v) is 3.44. The van der Waals surface area contributed by atoms with Gasteiger partial charge in [0.2, 0.25) is 0 Å². The lowest BCUT2D eigenvalue weighted by Gasteiger charge is -2.31. The zero-order valence-corrected chi connectivity index (χ0v) is 12.5. The molecule has 0 spiro atoms. The molecule has 2 aliphatic rings. The van der Waals surface area contributed by atoms with Gasteiger partial charge in [-0.25, -0.2) is 9.98 Å². The summed E-state index contributed by atoms with van der Waals surface area (Å²) < 4.78 is 2.10. The first-order valence-electron chi connectivity index (χ1n) is 6.88. The minimum Gasteiger partial charge on any atom is -0.335 e. The average Bonchev–Trinajstić information content (AvgIpc) is 3.17. The Morgan fingerprint density at radius 1 is 1.33 bits per heavy atom. The number of aromatic nitrogens is 2. The molecule has 1 atom stereocenters. The van der Waals surface area contributed by atoms with Crippen LogP contribution in [0.15, 0.2) is 53.0 Å². The van der Waals surface area contributed by atoms with E-state index in [1.54, 1.807) is 11.8 Å². The van der Waals surface area contributed by atoms with Gasteiger partial charge >= 0.3 is 0 Å². The van der Waals surface area contributed by atoms with Gasteiger partial charge in [-0.15, -0.1) is 0 Å². The number of benzene rings is 1. The van der Waals surface area contributed by atoms with Crippen molar-refractivity contribution in [3.8, 4) is 0 Å². The van der Waals surface area contributed by atoms with E-state index in [2.05, 4.69) is 32.8 Å². The van der Waals surface area contributed by atoms with E-state index in [0.29, 0.717) is 6.04 Å². The first-order valence-corrected chi connectivity index (χ1v) is 8.11. The maximum atomic E-state index is 4.79. The Hall–Kier alpha value is -2.08. The van der Waals surface area contributed by atoms with Gasteiger partial charge in [-0.05, 0) is 18.4 Å². The van der Waals surface area contributed by atoms with Crippen molar-refractivity contribution in [3.05, 3.63) is 48.5 Å². The topological polar surface area (TPSA) is 45.8 Å². The molecule has 0 amide bonds. The Morgan fingerprint density at radius 3 is 3.05 bits per heavy atom. The fourth-order valence-electron chi connectivity index (χ4n) is 2.82. The summed E-state index contributed by atoms with van der Waals surface area (Å²) in [5, 5.41) is 1.02. The van der Waals surface area contributed by atoms with Crippen LogP contribution >= 0.6 is 11.8 Å². The number of para-hydroxylation sites is 1. The van der Waals surface area contributed by atoms with Gasteiger partial charge in [0.1, 0.15) is 5.84 Å². The monoisotopic (exact) mass is 297 g/mol. The number of hydrogen-bond acceptors (Lipinski definition) is 5. The maximum absolute atomic E-state index is 4.79. The second kappa shape index (κ2) is 5.04. The van der Waals surface area contributed by atoms with Crippen LogP contribution in [0.25, 0.3) is 0 Å². The van der Waals surface area contributed by atoms with Gasteiger partial charge in [0.15, 0.2) is 5.17 Å². The second-order valence-electron chi connectivity index (χ2n) is 5.06. The van der Waals surface area contributed by atoms with Crippen molar-refractivity contribution >= 4 is 28.5 Å². The smallest absolute Gasteiger partial charge is 0.170 e. The lowest BCUT2D eigenvalue weighted by molar-refractivity contribution is 0.420. The SMILES string of the molecule is CSC1=Nc2ccccc2C2=NCC(Cn3ccnc3)N12. The largest absolute Gasteiger partial charge is 0.335 e. The van der Waals surface area contributed by atoms with Crippen LogP contribution in [0.4, 0.5) is 5.69 Å². The molecule has 3 heterocycles. The highest BCUT2D eigenvalue weighted by atomic mass is 32.2. The summed E-state index contributed by atoms with van der Waals surface area (Å²) in [4.78, 5) is 15.9. The highest BCUT2D eigenvalue weighted by Gasteiger charge is 2.35. The average molecular weight is 297 g/mol. The van der Waals surface area contributed by atoms with Gasteiger partial charge in [-0.2, -0.15) is 0 Å². The molecule has 1 aromatic heterocycles. The van der Waals surface area contributed by atoms with Crippen molar-refractivity contribution in [1.29, 1.82) is 0 Å². The Bertz CT molecular complexity index is 719.